The fourth-order valence-corrected chi connectivity index (χ4v) is 4.89. The number of benzene rings is 1. The van der Waals surface area contributed by atoms with Gasteiger partial charge >= 0.3 is 0 Å². The summed E-state index contributed by atoms with van der Waals surface area (Å²) in [7, 11) is 2.10. The number of piperidine rings is 1. The fraction of sp³-hybridized carbons (Fsp3) is 0.750. The van der Waals surface area contributed by atoms with Crippen molar-refractivity contribution in [2.45, 2.75) is 56.6 Å². The Morgan fingerprint density at radius 1 is 1.06 bits per heavy atom. The van der Waals surface area contributed by atoms with Crippen LogP contribution in [0.3, 0.4) is 0 Å². The lowest BCUT2D eigenvalue weighted by Crippen LogP contribution is -2.62. The van der Waals surface area contributed by atoms with E-state index in [9.17, 15) is 30.5 Å². The SMILES string of the molecule is CN1CCN(Cc2ccc(NCCCCCCN3C[C@H](O)[C@@H](O)[C@H](O)[C@H]3CO)c([N+](=O)[O-])c2)CC1. The summed E-state index contributed by atoms with van der Waals surface area (Å²) in [6.07, 6.45) is 0.0859. The third-order valence-corrected chi connectivity index (χ3v) is 7.16. The van der Waals surface area contributed by atoms with E-state index in [2.05, 4.69) is 22.2 Å². The maximum Gasteiger partial charge on any atom is 0.292 e. The monoisotopic (exact) mass is 495 g/mol. The predicted molar refractivity (Wildman–Crippen MR) is 133 cm³/mol. The van der Waals surface area contributed by atoms with Gasteiger partial charge in [-0.3, -0.25) is 19.9 Å². The van der Waals surface area contributed by atoms with Gasteiger partial charge in [-0.1, -0.05) is 18.9 Å². The smallest absolute Gasteiger partial charge is 0.292 e. The van der Waals surface area contributed by atoms with Gasteiger partial charge in [-0.25, -0.2) is 0 Å². The molecule has 3 rings (SSSR count). The number of aliphatic hydroxyl groups excluding tert-OH is 4. The number of unbranched alkanes of at least 4 members (excludes halogenated alkanes) is 3. The molecule has 1 aromatic rings. The molecule has 2 heterocycles. The molecule has 11 nitrogen and oxygen atoms in total. The zero-order chi connectivity index (χ0) is 25.4. The molecule has 2 aliphatic heterocycles. The Kier molecular flexibility index (Phi) is 10.7. The number of β-amino-alcohol motifs (C(OH)–C–C–N with tert-alkyl or cyclic N) is 1. The third kappa shape index (κ3) is 7.81. The first-order chi connectivity index (χ1) is 16.8. The number of hydrogen-bond donors (Lipinski definition) is 5. The molecular weight excluding hydrogens is 454 g/mol. The van der Waals surface area contributed by atoms with Gasteiger partial charge in [0.05, 0.1) is 23.7 Å². The van der Waals surface area contributed by atoms with E-state index in [0.717, 1.165) is 64.0 Å². The first kappa shape index (κ1) is 27.7. The standard InChI is InChI=1S/C24H41N5O6/c1-26-10-12-27(13-11-26)15-18-6-7-19(20(14-18)29(34)35)25-8-4-2-3-5-9-28-16-22(31)24(33)23(32)21(28)17-30/h6-7,14,21-25,30-33H,2-5,8-13,15-17H2,1H3/t21-,22+,23-,24-/m1/s1. The molecule has 0 aliphatic carbocycles. The zero-order valence-electron chi connectivity index (χ0n) is 20.6. The molecule has 35 heavy (non-hydrogen) atoms. The highest BCUT2D eigenvalue weighted by Gasteiger charge is 2.40. The number of nitro benzene ring substituents is 1. The third-order valence-electron chi connectivity index (χ3n) is 7.16. The molecule has 0 bridgehead atoms. The van der Waals surface area contributed by atoms with Gasteiger partial charge in [0.2, 0.25) is 0 Å². The van der Waals surface area contributed by atoms with Gasteiger partial charge in [0.15, 0.2) is 0 Å². The number of likely N-dealkylation sites (N-methyl/N-ethyl adjacent to an activating group) is 1. The summed E-state index contributed by atoms with van der Waals surface area (Å²) in [5.74, 6) is 0. The molecule has 1 aromatic carbocycles. The molecule has 0 unspecified atom stereocenters. The van der Waals surface area contributed by atoms with Crippen LogP contribution in [0, 0.1) is 10.1 Å². The van der Waals surface area contributed by atoms with Gasteiger partial charge in [0, 0.05) is 51.9 Å². The Hall–Kier alpha value is -1.86. The molecule has 0 amide bonds. The number of nitrogens with zero attached hydrogens (tertiary/aromatic N) is 4. The first-order valence-corrected chi connectivity index (χ1v) is 12.6. The summed E-state index contributed by atoms with van der Waals surface area (Å²) in [5, 5.41) is 54.1. The highest BCUT2D eigenvalue weighted by molar-refractivity contribution is 5.62. The molecule has 11 heteroatoms. The lowest BCUT2D eigenvalue weighted by Gasteiger charge is -2.43. The van der Waals surface area contributed by atoms with E-state index in [1.807, 2.05) is 11.0 Å². The second kappa shape index (κ2) is 13.4. The van der Waals surface area contributed by atoms with E-state index in [4.69, 9.17) is 0 Å². The van der Waals surface area contributed by atoms with Crippen LogP contribution in [-0.4, -0.2) is 124 Å². The van der Waals surface area contributed by atoms with Gasteiger partial charge in [-0.2, -0.15) is 0 Å². The van der Waals surface area contributed by atoms with Gasteiger partial charge < -0.3 is 30.6 Å². The Bertz CT molecular complexity index is 807. The average molecular weight is 496 g/mol. The average Bonchev–Trinajstić information content (AvgIpc) is 2.84. The van der Waals surface area contributed by atoms with Crippen LogP contribution < -0.4 is 5.32 Å². The Morgan fingerprint density at radius 3 is 2.46 bits per heavy atom. The number of aliphatic hydroxyl groups is 4. The molecule has 2 saturated heterocycles. The molecule has 4 atom stereocenters. The van der Waals surface area contributed by atoms with Crippen LogP contribution in [0.25, 0.3) is 0 Å². The minimum absolute atomic E-state index is 0.107. The van der Waals surface area contributed by atoms with Crippen molar-refractivity contribution in [1.82, 2.24) is 14.7 Å². The lowest BCUT2D eigenvalue weighted by atomic mass is 9.94. The Morgan fingerprint density at radius 2 is 1.77 bits per heavy atom. The molecule has 198 valence electrons. The molecule has 0 aromatic heterocycles. The van der Waals surface area contributed by atoms with Crippen LogP contribution in [0.2, 0.25) is 0 Å². The number of nitrogens with one attached hydrogen (secondary N) is 1. The molecule has 0 spiro atoms. The van der Waals surface area contributed by atoms with E-state index >= 15 is 0 Å². The minimum Gasteiger partial charge on any atom is -0.395 e. The lowest BCUT2D eigenvalue weighted by molar-refractivity contribution is -0.384. The number of likely N-dealkylation sites (tertiary alicyclic amines) is 1. The molecular formula is C24H41N5O6. The van der Waals surface area contributed by atoms with Crippen molar-refractivity contribution in [3.8, 4) is 0 Å². The predicted octanol–water partition coefficient (Wildman–Crippen LogP) is 0.0737. The summed E-state index contributed by atoms with van der Waals surface area (Å²) >= 11 is 0. The molecule has 2 fully saturated rings. The molecule has 2 aliphatic rings. The van der Waals surface area contributed by atoms with Gasteiger partial charge in [-0.05, 0) is 38.1 Å². The summed E-state index contributed by atoms with van der Waals surface area (Å²) in [4.78, 5) is 17.7. The highest BCUT2D eigenvalue weighted by atomic mass is 16.6. The second-order valence-electron chi connectivity index (χ2n) is 9.82. The van der Waals surface area contributed by atoms with Crippen molar-refractivity contribution in [3.63, 3.8) is 0 Å². The topological polar surface area (TPSA) is 146 Å². The maximum absolute atomic E-state index is 11.6. The summed E-state index contributed by atoms with van der Waals surface area (Å²) in [6.45, 7) is 5.85. The molecule has 0 saturated carbocycles. The number of piperazine rings is 1. The highest BCUT2D eigenvalue weighted by Crippen LogP contribution is 2.26. The summed E-state index contributed by atoms with van der Waals surface area (Å²) in [6, 6.07) is 4.87. The van der Waals surface area contributed by atoms with Crippen LogP contribution in [-0.2, 0) is 6.54 Å². The number of anilines is 1. The van der Waals surface area contributed by atoms with Crippen molar-refractivity contribution in [3.05, 3.63) is 33.9 Å². The van der Waals surface area contributed by atoms with E-state index in [1.165, 1.54) is 0 Å². The van der Waals surface area contributed by atoms with E-state index in [-0.39, 0.29) is 23.8 Å². The number of rotatable bonds is 12. The largest absolute Gasteiger partial charge is 0.395 e. The van der Waals surface area contributed by atoms with Crippen LogP contribution in [0.4, 0.5) is 11.4 Å². The van der Waals surface area contributed by atoms with Crippen molar-refractivity contribution < 1.29 is 25.3 Å². The van der Waals surface area contributed by atoms with Gasteiger partial charge in [-0.15, -0.1) is 0 Å². The van der Waals surface area contributed by atoms with Crippen LogP contribution in [0.1, 0.15) is 31.2 Å². The van der Waals surface area contributed by atoms with Crippen LogP contribution in [0.5, 0.6) is 0 Å². The zero-order valence-corrected chi connectivity index (χ0v) is 20.6. The Labute approximate surface area is 207 Å². The Balaban J connectivity index is 1.38. The minimum atomic E-state index is -1.24. The van der Waals surface area contributed by atoms with Crippen molar-refractivity contribution in [2.24, 2.45) is 0 Å². The van der Waals surface area contributed by atoms with Crippen molar-refractivity contribution >= 4 is 11.4 Å². The fourth-order valence-electron chi connectivity index (χ4n) is 4.89. The molecule has 5 N–H and O–H groups in total. The van der Waals surface area contributed by atoms with E-state index in [1.54, 1.807) is 12.1 Å². The van der Waals surface area contributed by atoms with E-state index < -0.39 is 24.4 Å². The van der Waals surface area contributed by atoms with Crippen LogP contribution >= 0.6 is 0 Å². The normalized spacial score (nSPS) is 26.7. The number of hydrogen-bond acceptors (Lipinski definition) is 10. The van der Waals surface area contributed by atoms with Crippen molar-refractivity contribution in [1.29, 1.82) is 0 Å². The quantitative estimate of drug-likeness (QED) is 0.153. The van der Waals surface area contributed by atoms with Gasteiger partial charge in [0.25, 0.3) is 5.69 Å². The summed E-state index contributed by atoms with van der Waals surface area (Å²) in [5.41, 5.74) is 1.60. The summed E-state index contributed by atoms with van der Waals surface area (Å²) < 4.78 is 0. The first-order valence-electron chi connectivity index (χ1n) is 12.6. The van der Waals surface area contributed by atoms with E-state index in [0.29, 0.717) is 18.8 Å². The second-order valence-corrected chi connectivity index (χ2v) is 9.82. The number of nitro groups is 1. The maximum atomic E-state index is 11.6. The molecule has 0 radical (unpaired) electrons. The van der Waals surface area contributed by atoms with Crippen molar-refractivity contribution in [2.75, 3.05) is 64.8 Å². The van der Waals surface area contributed by atoms with Gasteiger partial charge in [0.1, 0.15) is 17.9 Å². The van der Waals surface area contributed by atoms with Crippen LogP contribution in [0.15, 0.2) is 18.2 Å².